The van der Waals surface area contributed by atoms with Gasteiger partial charge in [0, 0.05) is 29.4 Å². The van der Waals surface area contributed by atoms with Crippen LogP contribution in [0.2, 0.25) is 0 Å². The highest BCUT2D eigenvalue weighted by molar-refractivity contribution is 7.99. The van der Waals surface area contributed by atoms with Gasteiger partial charge < -0.3 is 15.7 Å². The van der Waals surface area contributed by atoms with Crippen molar-refractivity contribution in [2.75, 3.05) is 18.2 Å². The Labute approximate surface area is 129 Å². The molecule has 0 aliphatic heterocycles. The maximum Gasteiger partial charge on any atom is 0.225 e. The third kappa shape index (κ3) is 6.46. The highest BCUT2D eigenvalue weighted by atomic mass is 32.2. The molecule has 1 rings (SSSR count). The zero-order chi connectivity index (χ0) is 15.8. The van der Waals surface area contributed by atoms with Gasteiger partial charge in [0.15, 0.2) is 0 Å². The fraction of sp³-hybridized carbons (Fsp3) is 0.533. The van der Waals surface area contributed by atoms with Gasteiger partial charge in [0.05, 0.1) is 6.61 Å². The Morgan fingerprint density at radius 1 is 1.43 bits per heavy atom. The van der Waals surface area contributed by atoms with Gasteiger partial charge >= 0.3 is 0 Å². The lowest BCUT2D eigenvalue weighted by atomic mass is 10.1. The van der Waals surface area contributed by atoms with Crippen LogP contribution in [0.15, 0.2) is 24.3 Å². The Hall–Kier alpha value is -1.11. The highest BCUT2D eigenvalue weighted by Gasteiger charge is 2.18. The summed E-state index contributed by atoms with van der Waals surface area (Å²) >= 11 is 1.59. The molecule has 0 bridgehead atoms. The summed E-state index contributed by atoms with van der Waals surface area (Å²) in [6, 6.07) is 5.89. The van der Waals surface area contributed by atoms with Gasteiger partial charge in [-0.3, -0.25) is 4.79 Å². The van der Waals surface area contributed by atoms with E-state index in [0.29, 0.717) is 5.69 Å². The van der Waals surface area contributed by atoms with Crippen LogP contribution in [0.4, 0.5) is 10.1 Å². The third-order valence-electron chi connectivity index (χ3n) is 3.19. The number of nitrogens with one attached hydrogen (secondary N) is 2. The quantitative estimate of drug-likeness (QED) is 0.689. The summed E-state index contributed by atoms with van der Waals surface area (Å²) in [5.74, 6) is -0.546. The molecule has 1 amide bonds. The number of halogens is 1. The molecule has 118 valence electrons. The molecule has 6 heteroatoms. The molecule has 3 N–H and O–H groups in total. The lowest BCUT2D eigenvalue weighted by Gasteiger charge is -2.25. The Morgan fingerprint density at radius 2 is 2.14 bits per heavy atom. The second-order valence-electron chi connectivity index (χ2n) is 5.08. The van der Waals surface area contributed by atoms with Gasteiger partial charge in [-0.25, -0.2) is 4.39 Å². The van der Waals surface area contributed by atoms with E-state index in [1.807, 2.05) is 20.1 Å². The minimum absolute atomic E-state index is 0.0326. The maximum atomic E-state index is 13.0. The molecule has 3 unspecified atom stereocenters. The van der Waals surface area contributed by atoms with Crippen LogP contribution in [0.5, 0.6) is 0 Å². The second-order valence-corrected chi connectivity index (χ2v) is 6.15. The molecule has 0 heterocycles. The molecule has 0 aliphatic rings. The number of anilines is 1. The summed E-state index contributed by atoms with van der Waals surface area (Å²) in [5.41, 5.74) is 0.456. The van der Waals surface area contributed by atoms with Crippen LogP contribution in [-0.4, -0.2) is 41.2 Å². The molecule has 3 atom stereocenters. The van der Waals surface area contributed by atoms with Crippen molar-refractivity contribution in [3.05, 3.63) is 30.1 Å². The van der Waals surface area contributed by atoms with Crippen LogP contribution in [0.3, 0.4) is 0 Å². The average molecular weight is 314 g/mol. The number of thioether (sulfide) groups is 1. The topological polar surface area (TPSA) is 61.4 Å². The van der Waals surface area contributed by atoms with Crippen molar-refractivity contribution in [2.45, 2.75) is 37.6 Å². The van der Waals surface area contributed by atoms with Crippen molar-refractivity contribution >= 4 is 23.4 Å². The van der Waals surface area contributed by atoms with Crippen molar-refractivity contribution in [1.29, 1.82) is 0 Å². The number of carbonyl (C=O) groups excluding carboxylic acids is 1. The first-order valence-corrected chi connectivity index (χ1v) is 8.20. The maximum absolute atomic E-state index is 13.0. The Morgan fingerprint density at radius 3 is 2.71 bits per heavy atom. The first-order chi connectivity index (χ1) is 9.96. The van der Waals surface area contributed by atoms with Crippen molar-refractivity contribution in [2.24, 2.45) is 0 Å². The second kappa shape index (κ2) is 9.02. The minimum Gasteiger partial charge on any atom is -0.395 e. The minimum atomic E-state index is -0.377. The SMILES string of the molecule is CSC(CO)C(C)NC(C)CC(=O)Nc1cccc(F)c1. The van der Waals surface area contributed by atoms with E-state index in [1.54, 1.807) is 23.9 Å². The van der Waals surface area contributed by atoms with E-state index in [9.17, 15) is 14.3 Å². The van der Waals surface area contributed by atoms with Gasteiger partial charge in [-0.1, -0.05) is 6.07 Å². The van der Waals surface area contributed by atoms with Gasteiger partial charge in [0.2, 0.25) is 5.91 Å². The molecule has 0 fully saturated rings. The first-order valence-electron chi connectivity index (χ1n) is 6.91. The van der Waals surface area contributed by atoms with E-state index in [0.717, 1.165) is 0 Å². The Balaban J connectivity index is 2.43. The van der Waals surface area contributed by atoms with Crippen molar-refractivity contribution in [1.82, 2.24) is 5.32 Å². The van der Waals surface area contributed by atoms with Gasteiger partial charge in [-0.2, -0.15) is 11.8 Å². The van der Waals surface area contributed by atoms with Gasteiger partial charge in [-0.05, 0) is 38.3 Å². The number of amides is 1. The number of aliphatic hydroxyl groups excluding tert-OH is 1. The van der Waals surface area contributed by atoms with Crippen LogP contribution in [0.1, 0.15) is 20.3 Å². The number of hydrogen-bond donors (Lipinski definition) is 3. The fourth-order valence-corrected chi connectivity index (χ4v) is 2.74. The van der Waals surface area contributed by atoms with E-state index < -0.39 is 0 Å². The van der Waals surface area contributed by atoms with E-state index in [-0.39, 0.29) is 42.1 Å². The molecule has 0 saturated heterocycles. The summed E-state index contributed by atoms with van der Waals surface area (Å²) in [5, 5.41) is 15.3. The van der Waals surface area contributed by atoms with Gasteiger partial charge in [-0.15, -0.1) is 0 Å². The monoisotopic (exact) mass is 314 g/mol. The predicted octanol–water partition coefficient (Wildman–Crippen LogP) is 2.24. The van der Waals surface area contributed by atoms with Crippen LogP contribution in [-0.2, 0) is 4.79 Å². The van der Waals surface area contributed by atoms with Crippen LogP contribution >= 0.6 is 11.8 Å². The zero-order valence-electron chi connectivity index (χ0n) is 12.6. The number of benzene rings is 1. The Kier molecular flexibility index (Phi) is 7.71. The van der Waals surface area contributed by atoms with Crippen molar-refractivity contribution in [3.63, 3.8) is 0 Å². The molecule has 1 aromatic rings. The van der Waals surface area contributed by atoms with Crippen LogP contribution < -0.4 is 10.6 Å². The van der Waals surface area contributed by atoms with Gasteiger partial charge in [0.1, 0.15) is 5.82 Å². The highest BCUT2D eigenvalue weighted by Crippen LogP contribution is 2.12. The lowest BCUT2D eigenvalue weighted by Crippen LogP contribution is -2.43. The molecule has 1 aromatic carbocycles. The molecule has 0 radical (unpaired) electrons. The number of aliphatic hydroxyl groups is 1. The molecule has 0 saturated carbocycles. The predicted molar refractivity (Wildman–Crippen MR) is 86.1 cm³/mol. The average Bonchev–Trinajstić information content (AvgIpc) is 2.39. The van der Waals surface area contributed by atoms with Crippen molar-refractivity contribution < 1.29 is 14.3 Å². The standard InChI is InChI=1S/C15H23FN2O2S/c1-10(17-11(2)14(9-19)21-3)7-15(20)18-13-6-4-5-12(16)8-13/h4-6,8,10-11,14,17,19H,7,9H2,1-3H3,(H,18,20). The summed E-state index contributed by atoms with van der Waals surface area (Å²) in [7, 11) is 0. The molecular weight excluding hydrogens is 291 g/mol. The molecule has 4 nitrogen and oxygen atoms in total. The molecule has 0 aromatic heterocycles. The van der Waals surface area contributed by atoms with E-state index in [2.05, 4.69) is 10.6 Å². The first kappa shape index (κ1) is 17.9. The van der Waals surface area contributed by atoms with E-state index >= 15 is 0 Å². The summed E-state index contributed by atoms with van der Waals surface area (Å²) in [4.78, 5) is 11.9. The van der Waals surface area contributed by atoms with E-state index in [1.165, 1.54) is 12.1 Å². The summed E-state index contributed by atoms with van der Waals surface area (Å²) < 4.78 is 13.0. The molecular formula is C15H23FN2O2S. The van der Waals surface area contributed by atoms with Crippen LogP contribution in [0.25, 0.3) is 0 Å². The van der Waals surface area contributed by atoms with Crippen molar-refractivity contribution in [3.8, 4) is 0 Å². The lowest BCUT2D eigenvalue weighted by molar-refractivity contribution is -0.116. The smallest absolute Gasteiger partial charge is 0.225 e. The summed E-state index contributed by atoms with van der Waals surface area (Å²) in [6.45, 7) is 3.99. The summed E-state index contributed by atoms with van der Waals surface area (Å²) in [6.07, 6.45) is 2.23. The van der Waals surface area contributed by atoms with Crippen LogP contribution in [0, 0.1) is 5.82 Å². The number of rotatable bonds is 8. The number of hydrogen-bond acceptors (Lipinski definition) is 4. The van der Waals surface area contributed by atoms with Gasteiger partial charge in [0.25, 0.3) is 0 Å². The van der Waals surface area contributed by atoms with E-state index in [4.69, 9.17) is 0 Å². The normalized spacial score (nSPS) is 15.3. The number of carbonyl (C=O) groups is 1. The Bertz CT molecular complexity index is 455. The fourth-order valence-electron chi connectivity index (χ4n) is 2.11. The third-order valence-corrected chi connectivity index (χ3v) is 4.35. The molecule has 0 aliphatic carbocycles. The largest absolute Gasteiger partial charge is 0.395 e. The zero-order valence-corrected chi connectivity index (χ0v) is 13.4. The molecule has 0 spiro atoms. The molecule has 21 heavy (non-hydrogen) atoms.